The highest BCUT2D eigenvalue weighted by Crippen LogP contribution is 2.19. The SMILES string of the molecule is O=c1c2ccccc2ccc(=Nc2ccc([N+](=O)[O-])cc2)n1-c1ccc2ccccc2c1. The summed E-state index contributed by atoms with van der Waals surface area (Å²) in [6.45, 7) is 0. The van der Waals surface area contributed by atoms with Gasteiger partial charge in [0, 0.05) is 17.5 Å². The Balaban J connectivity index is 1.83. The molecule has 0 atom stereocenters. The Labute approximate surface area is 182 Å². The topological polar surface area (TPSA) is 77.5 Å². The number of aromatic nitrogens is 1. The third-order valence-electron chi connectivity index (χ3n) is 5.33. The van der Waals surface area contributed by atoms with Crippen molar-refractivity contribution in [3.05, 3.63) is 129 Å². The number of hydrogen-bond acceptors (Lipinski definition) is 4. The van der Waals surface area contributed by atoms with Crippen LogP contribution >= 0.6 is 0 Å². The van der Waals surface area contributed by atoms with Crippen molar-refractivity contribution in [2.24, 2.45) is 4.99 Å². The Bertz CT molecular complexity index is 1620. The third kappa shape index (κ3) is 3.54. The molecule has 6 nitrogen and oxygen atoms in total. The van der Waals surface area contributed by atoms with Crippen molar-refractivity contribution in [2.45, 2.75) is 0 Å². The van der Waals surface area contributed by atoms with Crippen molar-refractivity contribution >= 4 is 32.9 Å². The van der Waals surface area contributed by atoms with Crippen LogP contribution in [0.15, 0.2) is 113 Å². The summed E-state index contributed by atoms with van der Waals surface area (Å²) in [6.07, 6.45) is 0. The van der Waals surface area contributed by atoms with Crippen molar-refractivity contribution in [1.82, 2.24) is 4.57 Å². The van der Waals surface area contributed by atoms with Gasteiger partial charge in [-0.1, -0.05) is 54.6 Å². The summed E-state index contributed by atoms with van der Waals surface area (Å²) in [5.41, 5.74) is 1.42. The van der Waals surface area contributed by atoms with Gasteiger partial charge >= 0.3 is 0 Å². The first-order chi connectivity index (χ1) is 15.6. The van der Waals surface area contributed by atoms with Crippen molar-refractivity contribution in [3.8, 4) is 5.69 Å². The Kier molecular flexibility index (Phi) is 4.80. The van der Waals surface area contributed by atoms with Gasteiger partial charge in [-0.15, -0.1) is 0 Å². The quantitative estimate of drug-likeness (QED) is 0.295. The number of nitro groups is 1. The molecule has 5 aromatic rings. The fourth-order valence-corrected chi connectivity index (χ4v) is 3.73. The van der Waals surface area contributed by atoms with E-state index in [4.69, 9.17) is 0 Å². The lowest BCUT2D eigenvalue weighted by Crippen LogP contribution is -2.28. The first-order valence-corrected chi connectivity index (χ1v) is 10.0. The smallest absolute Gasteiger partial charge is 0.268 e. The van der Waals surface area contributed by atoms with Gasteiger partial charge in [-0.05, 0) is 52.6 Å². The van der Waals surface area contributed by atoms with Crippen molar-refractivity contribution < 1.29 is 4.92 Å². The molecule has 0 spiro atoms. The number of benzene rings is 4. The van der Waals surface area contributed by atoms with E-state index in [2.05, 4.69) is 4.99 Å². The summed E-state index contributed by atoms with van der Waals surface area (Å²) in [6, 6.07) is 30.8. The molecule has 0 saturated heterocycles. The van der Waals surface area contributed by atoms with Gasteiger partial charge in [0.25, 0.3) is 11.2 Å². The average Bonchev–Trinajstić information content (AvgIpc) is 2.96. The van der Waals surface area contributed by atoms with Crippen LogP contribution in [0.2, 0.25) is 0 Å². The predicted octanol–water partition coefficient (Wildman–Crippen LogP) is 5.28. The number of non-ortho nitro benzene ring substituents is 1. The van der Waals surface area contributed by atoms with Crippen LogP contribution in [-0.4, -0.2) is 9.49 Å². The fraction of sp³-hybridized carbons (Fsp3) is 0. The number of nitro benzene ring substituents is 1. The van der Waals surface area contributed by atoms with Gasteiger partial charge in [-0.25, -0.2) is 4.99 Å². The second-order valence-electron chi connectivity index (χ2n) is 7.34. The number of rotatable bonds is 3. The van der Waals surface area contributed by atoms with Crippen LogP contribution in [0.3, 0.4) is 0 Å². The molecule has 0 N–H and O–H groups in total. The first-order valence-electron chi connectivity index (χ1n) is 10.0. The van der Waals surface area contributed by atoms with Crippen molar-refractivity contribution in [1.29, 1.82) is 0 Å². The lowest BCUT2D eigenvalue weighted by atomic mass is 10.1. The van der Waals surface area contributed by atoms with E-state index >= 15 is 0 Å². The predicted molar refractivity (Wildman–Crippen MR) is 125 cm³/mol. The minimum absolute atomic E-state index is 0.0137. The van der Waals surface area contributed by atoms with Gasteiger partial charge in [0.2, 0.25) is 0 Å². The second-order valence-corrected chi connectivity index (χ2v) is 7.34. The highest BCUT2D eigenvalue weighted by Gasteiger charge is 2.08. The maximum atomic E-state index is 13.6. The van der Waals surface area contributed by atoms with Gasteiger partial charge < -0.3 is 0 Å². The van der Waals surface area contributed by atoms with Crippen LogP contribution in [0.5, 0.6) is 0 Å². The zero-order valence-electron chi connectivity index (χ0n) is 16.9. The molecule has 32 heavy (non-hydrogen) atoms. The van der Waals surface area contributed by atoms with Crippen molar-refractivity contribution in [2.75, 3.05) is 0 Å². The van der Waals surface area contributed by atoms with E-state index in [0.29, 0.717) is 22.2 Å². The number of fused-ring (bicyclic) bond motifs is 2. The summed E-state index contributed by atoms with van der Waals surface area (Å²) in [5, 5.41) is 14.4. The Morgan fingerprint density at radius 2 is 1.38 bits per heavy atom. The third-order valence-corrected chi connectivity index (χ3v) is 5.33. The second kappa shape index (κ2) is 7.92. The molecule has 1 aromatic heterocycles. The van der Waals surface area contributed by atoms with Crippen LogP contribution in [0, 0.1) is 10.1 Å². The maximum Gasteiger partial charge on any atom is 0.269 e. The van der Waals surface area contributed by atoms with Crippen LogP contribution in [0.1, 0.15) is 0 Å². The molecule has 154 valence electrons. The molecular formula is C26H17N3O3. The van der Waals surface area contributed by atoms with Crippen LogP contribution < -0.4 is 11.0 Å². The highest BCUT2D eigenvalue weighted by atomic mass is 16.6. The van der Waals surface area contributed by atoms with Crippen LogP contribution in [0.25, 0.3) is 27.2 Å². The lowest BCUT2D eigenvalue weighted by molar-refractivity contribution is -0.384. The molecule has 0 unspecified atom stereocenters. The zero-order valence-corrected chi connectivity index (χ0v) is 16.9. The summed E-state index contributed by atoms with van der Waals surface area (Å²) >= 11 is 0. The van der Waals surface area contributed by atoms with Gasteiger partial charge in [-0.2, -0.15) is 0 Å². The first kappa shape index (κ1) is 19.4. The molecular weight excluding hydrogens is 402 g/mol. The zero-order chi connectivity index (χ0) is 22.1. The number of hydrogen-bond donors (Lipinski definition) is 0. The fourth-order valence-electron chi connectivity index (χ4n) is 3.73. The van der Waals surface area contributed by atoms with E-state index in [-0.39, 0.29) is 11.2 Å². The minimum atomic E-state index is -0.454. The van der Waals surface area contributed by atoms with E-state index < -0.39 is 4.92 Å². The molecule has 0 aliphatic heterocycles. The van der Waals surface area contributed by atoms with Crippen molar-refractivity contribution in [3.63, 3.8) is 0 Å². The molecule has 0 saturated carbocycles. The van der Waals surface area contributed by atoms with E-state index in [0.717, 1.165) is 16.2 Å². The summed E-state index contributed by atoms with van der Waals surface area (Å²) in [5.74, 6) is 0. The Hall–Kier alpha value is -4.58. The summed E-state index contributed by atoms with van der Waals surface area (Å²) < 4.78 is 1.58. The van der Waals surface area contributed by atoms with Gasteiger partial charge in [0.1, 0.15) is 5.49 Å². The molecule has 6 heteroatoms. The maximum absolute atomic E-state index is 13.6. The highest BCUT2D eigenvalue weighted by molar-refractivity contribution is 5.85. The molecule has 1 heterocycles. The van der Waals surface area contributed by atoms with Gasteiger partial charge in [-0.3, -0.25) is 19.5 Å². The Morgan fingerprint density at radius 3 is 2.12 bits per heavy atom. The molecule has 0 aliphatic carbocycles. The largest absolute Gasteiger partial charge is 0.269 e. The summed E-state index contributed by atoms with van der Waals surface area (Å²) in [4.78, 5) is 28.8. The molecule has 0 amide bonds. The van der Waals surface area contributed by atoms with Gasteiger partial charge in [0.05, 0.1) is 16.3 Å². The normalized spacial score (nSPS) is 11.7. The molecule has 4 aromatic carbocycles. The average molecular weight is 419 g/mol. The van der Waals surface area contributed by atoms with E-state index in [1.165, 1.54) is 12.1 Å². The van der Waals surface area contributed by atoms with Crippen LogP contribution in [-0.2, 0) is 0 Å². The molecule has 0 fully saturated rings. The van der Waals surface area contributed by atoms with Crippen LogP contribution in [0.4, 0.5) is 11.4 Å². The Morgan fingerprint density at radius 1 is 0.719 bits per heavy atom. The van der Waals surface area contributed by atoms with E-state index in [1.54, 1.807) is 28.8 Å². The van der Waals surface area contributed by atoms with Gasteiger partial charge in [0.15, 0.2) is 0 Å². The van der Waals surface area contributed by atoms with E-state index in [9.17, 15) is 14.9 Å². The standard InChI is InChI=1S/C26H17N3O3/c30-26-24-8-4-3-6-19(24)10-16-25(27-21-11-14-22(15-12-21)29(31)32)28(26)23-13-9-18-5-1-2-7-20(18)17-23/h1-17H. The molecule has 0 aliphatic rings. The molecule has 0 bridgehead atoms. The van der Waals surface area contributed by atoms with E-state index in [1.807, 2.05) is 66.7 Å². The molecule has 0 radical (unpaired) electrons. The summed E-state index contributed by atoms with van der Waals surface area (Å²) in [7, 11) is 0. The monoisotopic (exact) mass is 419 g/mol. The number of nitrogens with zero attached hydrogens (tertiary/aromatic N) is 3. The lowest BCUT2D eigenvalue weighted by Gasteiger charge is -2.07. The minimum Gasteiger partial charge on any atom is -0.268 e. The molecule has 5 rings (SSSR count).